The average molecular weight is 308 g/mol. The van der Waals surface area contributed by atoms with Crippen LogP contribution < -0.4 is 11.3 Å². The summed E-state index contributed by atoms with van der Waals surface area (Å²) in [7, 11) is 0. The van der Waals surface area contributed by atoms with Crippen molar-refractivity contribution in [1.29, 1.82) is 0 Å². The Labute approximate surface area is 135 Å². The van der Waals surface area contributed by atoms with Crippen molar-refractivity contribution in [2.45, 2.75) is 19.9 Å². The Morgan fingerprint density at radius 2 is 1.87 bits per heavy atom. The molecule has 0 saturated heterocycles. The molecule has 5 heteroatoms. The number of rotatable bonds is 3. The lowest BCUT2D eigenvalue weighted by Gasteiger charge is -2.37. The number of hydrazine groups is 1. The predicted octanol–water partition coefficient (Wildman–Crippen LogP) is 2.44. The molecule has 3 rings (SSSR count). The van der Waals surface area contributed by atoms with Crippen LogP contribution in [0.2, 0.25) is 0 Å². The lowest BCUT2D eigenvalue weighted by molar-refractivity contribution is -0.121. The van der Waals surface area contributed by atoms with Crippen molar-refractivity contribution in [2.24, 2.45) is 10.8 Å². The summed E-state index contributed by atoms with van der Waals surface area (Å²) in [6.07, 6.45) is 0. The third-order valence-electron chi connectivity index (χ3n) is 4.11. The highest BCUT2D eigenvalue weighted by atomic mass is 16.2. The number of amides is 1. The highest BCUT2D eigenvalue weighted by Gasteiger charge is 2.30. The minimum absolute atomic E-state index is 0.0541. The van der Waals surface area contributed by atoms with Gasteiger partial charge in [0, 0.05) is 5.56 Å². The van der Waals surface area contributed by atoms with Crippen LogP contribution in [0.1, 0.15) is 29.7 Å². The molecule has 118 valence electrons. The molecular formula is C18H20N4O. The van der Waals surface area contributed by atoms with Gasteiger partial charge in [-0.05, 0) is 25.5 Å². The first-order chi connectivity index (χ1) is 11.1. The molecule has 0 saturated carbocycles. The molecule has 0 bridgehead atoms. The largest absolute Gasteiger partial charge is 0.340 e. The SMILES string of the molecule is CC1=Nc2ccccc2C(c2ccc(C)cc2)N1CC(=O)NN. The molecule has 1 atom stereocenters. The number of benzene rings is 2. The smallest absolute Gasteiger partial charge is 0.253 e. The molecule has 5 nitrogen and oxygen atoms in total. The molecule has 1 aliphatic rings. The van der Waals surface area contributed by atoms with E-state index in [-0.39, 0.29) is 18.5 Å². The van der Waals surface area contributed by atoms with Crippen molar-refractivity contribution >= 4 is 17.4 Å². The molecule has 0 fully saturated rings. The van der Waals surface area contributed by atoms with Gasteiger partial charge >= 0.3 is 0 Å². The number of aryl methyl sites for hydroxylation is 1. The Morgan fingerprint density at radius 1 is 1.17 bits per heavy atom. The normalized spacial score (nSPS) is 16.6. The van der Waals surface area contributed by atoms with Gasteiger partial charge in [-0.1, -0.05) is 48.0 Å². The van der Waals surface area contributed by atoms with Crippen LogP contribution in [0.4, 0.5) is 5.69 Å². The molecule has 2 aromatic rings. The van der Waals surface area contributed by atoms with Crippen molar-refractivity contribution in [3.8, 4) is 0 Å². The number of amidine groups is 1. The van der Waals surface area contributed by atoms with Gasteiger partial charge in [0.25, 0.3) is 5.91 Å². The topological polar surface area (TPSA) is 70.7 Å². The van der Waals surface area contributed by atoms with Crippen molar-refractivity contribution < 1.29 is 4.79 Å². The summed E-state index contributed by atoms with van der Waals surface area (Å²) in [5.41, 5.74) is 6.57. The van der Waals surface area contributed by atoms with E-state index >= 15 is 0 Å². The minimum Gasteiger partial charge on any atom is -0.340 e. The number of para-hydroxylation sites is 1. The number of aliphatic imine (C=N–C) groups is 1. The third kappa shape index (κ3) is 2.96. The first-order valence-corrected chi connectivity index (χ1v) is 7.57. The number of carbonyl (C=O) groups is 1. The summed E-state index contributed by atoms with van der Waals surface area (Å²) in [4.78, 5) is 18.4. The van der Waals surface area contributed by atoms with Crippen LogP contribution in [0.3, 0.4) is 0 Å². The summed E-state index contributed by atoms with van der Waals surface area (Å²) >= 11 is 0. The van der Waals surface area contributed by atoms with Gasteiger partial charge in [0.1, 0.15) is 12.4 Å². The fraction of sp³-hybridized carbons (Fsp3) is 0.222. The lowest BCUT2D eigenvalue weighted by atomic mass is 9.93. The number of nitrogens with one attached hydrogen (secondary N) is 1. The van der Waals surface area contributed by atoms with E-state index in [0.717, 1.165) is 22.6 Å². The van der Waals surface area contributed by atoms with Crippen molar-refractivity contribution in [2.75, 3.05) is 6.54 Å². The molecule has 3 N–H and O–H groups in total. The van der Waals surface area contributed by atoms with Crippen LogP contribution in [0.25, 0.3) is 0 Å². The van der Waals surface area contributed by atoms with Gasteiger partial charge in [-0.2, -0.15) is 0 Å². The number of hydrogen-bond donors (Lipinski definition) is 2. The highest BCUT2D eigenvalue weighted by molar-refractivity contribution is 5.90. The van der Waals surface area contributed by atoms with Gasteiger partial charge in [0.15, 0.2) is 0 Å². The zero-order valence-corrected chi connectivity index (χ0v) is 13.3. The number of carbonyl (C=O) groups excluding carboxylic acids is 1. The van der Waals surface area contributed by atoms with Crippen LogP contribution in [0.15, 0.2) is 53.5 Å². The Balaban J connectivity index is 2.10. The highest BCUT2D eigenvalue weighted by Crippen LogP contribution is 2.38. The second kappa shape index (κ2) is 6.22. The van der Waals surface area contributed by atoms with E-state index in [4.69, 9.17) is 5.84 Å². The van der Waals surface area contributed by atoms with E-state index in [1.807, 2.05) is 30.0 Å². The van der Waals surface area contributed by atoms with Crippen LogP contribution in [-0.2, 0) is 4.79 Å². The van der Waals surface area contributed by atoms with Gasteiger partial charge in [0.05, 0.1) is 11.7 Å². The second-order valence-electron chi connectivity index (χ2n) is 5.73. The number of fused-ring (bicyclic) bond motifs is 1. The summed E-state index contributed by atoms with van der Waals surface area (Å²) in [5.74, 6) is 5.83. The molecule has 0 spiro atoms. The molecule has 23 heavy (non-hydrogen) atoms. The van der Waals surface area contributed by atoms with E-state index in [9.17, 15) is 4.79 Å². The summed E-state index contributed by atoms with van der Waals surface area (Å²) in [6.45, 7) is 4.14. The summed E-state index contributed by atoms with van der Waals surface area (Å²) in [5, 5.41) is 0. The summed E-state index contributed by atoms with van der Waals surface area (Å²) in [6, 6.07) is 16.3. The van der Waals surface area contributed by atoms with Crippen molar-refractivity contribution in [3.05, 3.63) is 65.2 Å². The molecule has 1 unspecified atom stereocenters. The van der Waals surface area contributed by atoms with E-state index in [2.05, 4.69) is 47.7 Å². The van der Waals surface area contributed by atoms with Gasteiger partial charge in [-0.3, -0.25) is 10.2 Å². The van der Waals surface area contributed by atoms with Crippen LogP contribution in [0.5, 0.6) is 0 Å². The molecular weight excluding hydrogens is 288 g/mol. The number of nitrogens with zero attached hydrogens (tertiary/aromatic N) is 2. The quantitative estimate of drug-likeness (QED) is 0.520. The van der Waals surface area contributed by atoms with Gasteiger partial charge in [-0.25, -0.2) is 10.8 Å². The molecule has 0 aliphatic carbocycles. The average Bonchev–Trinajstić information content (AvgIpc) is 2.56. The molecule has 0 aromatic heterocycles. The first-order valence-electron chi connectivity index (χ1n) is 7.57. The van der Waals surface area contributed by atoms with Crippen molar-refractivity contribution in [3.63, 3.8) is 0 Å². The van der Waals surface area contributed by atoms with Gasteiger partial charge in [-0.15, -0.1) is 0 Å². The van der Waals surface area contributed by atoms with Crippen molar-refractivity contribution in [1.82, 2.24) is 10.3 Å². The fourth-order valence-electron chi connectivity index (χ4n) is 2.93. The van der Waals surface area contributed by atoms with Gasteiger partial charge in [0.2, 0.25) is 0 Å². The maximum absolute atomic E-state index is 11.8. The maximum Gasteiger partial charge on any atom is 0.253 e. The van der Waals surface area contributed by atoms with Crippen LogP contribution in [-0.4, -0.2) is 23.2 Å². The first kappa shape index (κ1) is 15.2. The number of hydrogen-bond acceptors (Lipinski definition) is 4. The number of nitrogens with two attached hydrogens (primary N) is 1. The zero-order valence-electron chi connectivity index (χ0n) is 13.3. The monoisotopic (exact) mass is 308 g/mol. The standard InChI is InChI=1S/C18H20N4O/c1-12-7-9-14(10-8-12)18-15-5-3-4-6-16(15)20-13(2)22(18)11-17(23)21-19/h3-10,18H,11,19H2,1-2H3,(H,21,23). The van der Waals surface area contributed by atoms with E-state index in [1.54, 1.807) is 0 Å². The maximum atomic E-state index is 11.8. The molecule has 2 aromatic carbocycles. The Morgan fingerprint density at radius 3 is 2.57 bits per heavy atom. The Bertz CT molecular complexity index is 752. The lowest BCUT2D eigenvalue weighted by Crippen LogP contribution is -2.45. The predicted molar refractivity (Wildman–Crippen MR) is 91.3 cm³/mol. The van der Waals surface area contributed by atoms with E-state index in [1.165, 1.54) is 5.56 Å². The molecule has 1 amide bonds. The van der Waals surface area contributed by atoms with E-state index in [0.29, 0.717) is 0 Å². The molecule has 1 aliphatic heterocycles. The minimum atomic E-state index is -0.240. The molecule has 0 radical (unpaired) electrons. The van der Waals surface area contributed by atoms with E-state index < -0.39 is 0 Å². The van der Waals surface area contributed by atoms with Crippen LogP contribution >= 0.6 is 0 Å². The Kier molecular flexibility index (Phi) is 4.12. The third-order valence-corrected chi connectivity index (χ3v) is 4.11. The second-order valence-corrected chi connectivity index (χ2v) is 5.73. The zero-order chi connectivity index (χ0) is 16.4. The summed E-state index contributed by atoms with van der Waals surface area (Å²) < 4.78 is 0. The van der Waals surface area contributed by atoms with Crippen LogP contribution in [0, 0.1) is 6.92 Å². The fourth-order valence-corrected chi connectivity index (χ4v) is 2.93. The van der Waals surface area contributed by atoms with Gasteiger partial charge < -0.3 is 4.90 Å². The Hall–Kier alpha value is -2.66. The molecule has 1 heterocycles.